The highest BCUT2D eigenvalue weighted by molar-refractivity contribution is 6.11. The van der Waals surface area contributed by atoms with Gasteiger partial charge in [0.15, 0.2) is 0 Å². The van der Waals surface area contributed by atoms with E-state index in [1.165, 1.54) is 0 Å². The fourth-order valence-corrected chi connectivity index (χ4v) is 3.57. The zero-order valence-corrected chi connectivity index (χ0v) is 13.3. The van der Waals surface area contributed by atoms with Crippen molar-refractivity contribution in [3.8, 4) is 6.07 Å². The minimum absolute atomic E-state index is 0.0651. The number of nitrogens with zero attached hydrogens (tertiary/aromatic N) is 2. The Balaban J connectivity index is 1.88. The fourth-order valence-electron chi connectivity index (χ4n) is 3.57. The Kier molecular flexibility index (Phi) is 3.32. The smallest absolute Gasteiger partial charge is 0.256 e. The Morgan fingerprint density at radius 1 is 1.00 bits per heavy atom. The summed E-state index contributed by atoms with van der Waals surface area (Å²) in [5.41, 5.74) is 2.51. The van der Waals surface area contributed by atoms with Gasteiger partial charge in [0.05, 0.1) is 17.7 Å². The summed E-state index contributed by atoms with van der Waals surface area (Å²) in [5.74, 6) is -0.0651. The van der Waals surface area contributed by atoms with Crippen molar-refractivity contribution in [2.45, 2.75) is 19.0 Å². The number of amides is 1. The fraction of sp³-hybridized carbons (Fsp3) is 0.143. The van der Waals surface area contributed by atoms with E-state index in [9.17, 15) is 10.1 Å². The highest BCUT2D eigenvalue weighted by Crippen LogP contribution is 2.42. The molecule has 1 aliphatic heterocycles. The largest absolute Gasteiger partial charge is 0.312 e. The first-order valence-corrected chi connectivity index (χ1v) is 8.01. The van der Waals surface area contributed by atoms with E-state index in [2.05, 4.69) is 6.07 Å². The summed E-state index contributed by atoms with van der Waals surface area (Å²) < 4.78 is 0. The van der Waals surface area contributed by atoms with E-state index in [-0.39, 0.29) is 11.9 Å². The number of carbonyl (C=O) groups is 1. The Morgan fingerprint density at radius 2 is 1.71 bits per heavy atom. The van der Waals surface area contributed by atoms with Crippen molar-refractivity contribution >= 4 is 16.7 Å². The van der Waals surface area contributed by atoms with E-state index in [0.29, 0.717) is 5.56 Å². The number of fused-ring (bicyclic) bond motifs is 3. The molecule has 1 aliphatic rings. The number of hydrogen-bond donors (Lipinski definition) is 0. The van der Waals surface area contributed by atoms with Crippen LogP contribution < -0.4 is 0 Å². The van der Waals surface area contributed by atoms with Gasteiger partial charge in [-0.15, -0.1) is 0 Å². The minimum Gasteiger partial charge on any atom is -0.312 e. The molecular weight excluding hydrogens is 296 g/mol. The zero-order valence-electron chi connectivity index (χ0n) is 13.3. The van der Waals surface area contributed by atoms with E-state index in [4.69, 9.17) is 0 Å². The van der Waals surface area contributed by atoms with Gasteiger partial charge in [-0.2, -0.15) is 5.26 Å². The summed E-state index contributed by atoms with van der Waals surface area (Å²) in [5, 5.41) is 11.7. The predicted octanol–water partition coefficient (Wildman–Crippen LogP) is 4.62. The topological polar surface area (TPSA) is 44.1 Å². The average Bonchev–Trinajstić information content (AvgIpc) is 2.94. The highest BCUT2D eigenvalue weighted by atomic mass is 16.2. The Bertz CT molecular complexity index is 972. The molecule has 3 aromatic rings. The molecule has 1 heterocycles. The molecule has 0 radical (unpaired) electrons. The Labute approximate surface area is 140 Å². The Hall–Kier alpha value is -3.12. The van der Waals surface area contributed by atoms with Crippen LogP contribution in [0.15, 0.2) is 66.7 Å². The molecular formula is C21H16N2O. The summed E-state index contributed by atoms with van der Waals surface area (Å²) >= 11 is 0. The molecule has 3 heteroatoms. The minimum atomic E-state index is -0.549. The van der Waals surface area contributed by atoms with Crippen LogP contribution in [0.1, 0.15) is 40.5 Å². The molecule has 0 bridgehead atoms. The predicted molar refractivity (Wildman–Crippen MR) is 93.3 cm³/mol. The molecule has 2 unspecified atom stereocenters. The second-order valence-corrected chi connectivity index (χ2v) is 6.08. The lowest BCUT2D eigenvalue weighted by Crippen LogP contribution is -2.30. The molecule has 0 saturated heterocycles. The van der Waals surface area contributed by atoms with Crippen molar-refractivity contribution < 1.29 is 4.79 Å². The van der Waals surface area contributed by atoms with Gasteiger partial charge in [0.1, 0.15) is 6.04 Å². The van der Waals surface area contributed by atoms with Crippen LogP contribution in [0, 0.1) is 11.3 Å². The van der Waals surface area contributed by atoms with Gasteiger partial charge >= 0.3 is 0 Å². The van der Waals surface area contributed by atoms with Gasteiger partial charge in [-0.05, 0) is 23.3 Å². The van der Waals surface area contributed by atoms with Crippen LogP contribution in [0.25, 0.3) is 10.8 Å². The molecule has 0 N–H and O–H groups in total. The van der Waals surface area contributed by atoms with Gasteiger partial charge < -0.3 is 4.90 Å². The van der Waals surface area contributed by atoms with Gasteiger partial charge in [-0.25, -0.2) is 0 Å². The molecule has 0 spiro atoms. The standard InChI is InChI=1S/C21H16N2O/c1-14(15-7-3-2-4-8-15)23-19(13-22)18-12-11-16-9-5-6-10-17(16)20(18)21(23)24/h2-12,14,19H,1H3. The second-order valence-electron chi connectivity index (χ2n) is 6.08. The third-order valence-corrected chi connectivity index (χ3v) is 4.80. The molecule has 0 aromatic heterocycles. The molecule has 0 saturated carbocycles. The van der Waals surface area contributed by atoms with E-state index in [1.54, 1.807) is 4.90 Å². The van der Waals surface area contributed by atoms with E-state index >= 15 is 0 Å². The first-order chi connectivity index (χ1) is 11.7. The molecule has 3 aromatic carbocycles. The lowest BCUT2D eigenvalue weighted by molar-refractivity contribution is 0.0688. The van der Waals surface area contributed by atoms with Crippen molar-refractivity contribution in [3.63, 3.8) is 0 Å². The highest BCUT2D eigenvalue weighted by Gasteiger charge is 2.40. The second kappa shape index (κ2) is 5.50. The third-order valence-electron chi connectivity index (χ3n) is 4.80. The van der Waals surface area contributed by atoms with Crippen LogP contribution in [0.4, 0.5) is 0 Å². The molecule has 24 heavy (non-hydrogen) atoms. The van der Waals surface area contributed by atoms with Crippen molar-refractivity contribution in [1.29, 1.82) is 5.26 Å². The molecule has 2 atom stereocenters. The first kappa shape index (κ1) is 14.5. The van der Waals surface area contributed by atoms with Gasteiger partial charge in [-0.3, -0.25) is 4.79 Å². The maximum absolute atomic E-state index is 13.2. The first-order valence-electron chi connectivity index (χ1n) is 8.01. The van der Waals surface area contributed by atoms with Crippen molar-refractivity contribution in [2.24, 2.45) is 0 Å². The van der Waals surface area contributed by atoms with Crippen LogP contribution in [0.5, 0.6) is 0 Å². The van der Waals surface area contributed by atoms with Crippen LogP contribution in [-0.4, -0.2) is 10.8 Å². The Morgan fingerprint density at radius 3 is 2.46 bits per heavy atom. The molecule has 1 amide bonds. The number of benzene rings is 3. The van der Waals surface area contributed by atoms with Crippen LogP contribution in [-0.2, 0) is 0 Å². The maximum atomic E-state index is 13.2. The van der Waals surface area contributed by atoms with Gasteiger partial charge in [-0.1, -0.05) is 66.7 Å². The lowest BCUT2D eigenvalue weighted by atomic mass is 9.98. The van der Waals surface area contributed by atoms with Crippen LogP contribution in [0.2, 0.25) is 0 Å². The van der Waals surface area contributed by atoms with E-state index < -0.39 is 6.04 Å². The van der Waals surface area contributed by atoms with Crippen molar-refractivity contribution in [2.75, 3.05) is 0 Å². The molecule has 0 fully saturated rings. The summed E-state index contributed by atoms with van der Waals surface area (Å²) in [6.07, 6.45) is 0. The lowest BCUT2D eigenvalue weighted by Gasteiger charge is -2.27. The number of nitriles is 1. The number of rotatable bonds is 2. The SMILES string of the molecule is CC(c1ccccc1)N1C(=O)c2c(ccc3ccccc23)C1C#N. The van der Waals surface area contributed by atoms with Crippen LogP contribution in [0.3, 0.4) is 0 Å². The molecule has 116 valence electrons. The van der Waals surface area contributed by atoms with E-state index in [0.717, 1.165) is 21.9 Å². The summed E-state index contributed by atoms with van der Waals surface area (Å²) in [6, 6.07) is 23.2. The normalized spacial score (nSPS) is 17.6. The van der Waals surface area contributed by atoms with Gasteiger partial charge in [0.2, 0.25) is 0 Å². The summed E-state index contributed by atoms with van der Waals surface area (Å²) in [4.78, 5) is 14.9. The van der Waals surface area contributed by atoms with Crippen LogP contribution >= 0.6 is 0 Å². The summed E-state index contributed by atoms with van der Waals surface area (Å²) in [6.45, 7) is 1.98. The van der Waals surface area contributed by atoms with Crippen molar-refractivity contribution in [1.82, 2.24) is 4.90 Å². The maximum Gasteiger partial charge on any atom is 0.256 e. The molecule has 0 aliphatic carbocycles. The quantitative estimate of drug-likeness (QED) is 0.693. The average molecular weight is 312 g/mol. The number of hydrogen-bond acceptors (Lipinski definition) is 2. The molecule has 4 rings (SSSR count). The van der Waals surface area contributed by atoms with Gasteiger partial charge in [0.25, 0.3) is 5.91 Å². The van der Waals surface area contributed by atoms with Crippen molar-refractivity contribution in [3.05, 3.63) is 83.4 Å². The third kappa shape index (κ3) is 2.00. The van der Waals surface area contributed by atoms with Gasteiger partial charge in [0, 0.05) is 5.56 Å². The molecule has 3 nitrogen and oxygen atoms in total. The van der Waals surface area contributed by atoms with E-state index in [1.807, 2.05) is 73.7 Å². The number of carbonyl (C=O) groups excluding carboxylic acids is 1. The zero-order chi connectivity index (χ0) is 16.7. The summed E-state index contributed by atoms with van der Waals surface area (Å²) in [7, 11) is 0. The monoisotopic (exact) mass is 312 g/mol.